The molecule has 0 aliphatic rings. The Morgan fingerprint density at radius 1 is 1.42 bits per heavy atom. The molecule has 7 heteroatoms. The third-order valence-corrected chi connectivity index (χ3v) is 2.65. The Morgan fingerprint density at radius 3 is 2.58 bits per heavy atom. The third kappa shape index (κ3) is 4.13. The van der Waals surface area contributed by atoms with Crippen LogP contribution in [0, 0.1) is 0 Å². The average Bonchev–Trinajstić information content (AvgIpc) is 2.36. The van der Waals surface area contributed by atoms with Crippen molar-refractivity contribution in [2.75, 3.05) is 19.5 Å². The number of carbonyl (C=O) groups is 1. The van der Waals surface area contributed by atoms with E-state index in [0.717, 1.165) is 12.1 Å². The van der Waals surface area contributed by atoms with Gasteiger partial charge in [0.25, 0.3) is 0 Å². The molecule has 2 amide bonds. The van der Waals surface area contributed by atoms with E-state index in [1.165, 1.54) is 31.2 Å². The molecule has 0 aromatic heterocycles. The van der Waals surface area contributed by atoms with Gasteiger partial charge in [0.1, 0.15) is 6.23 Å². The Kier molecular flexibility index (Phi) is 4.77. The lowest BCUT2D eigenvalue weighted by Crippen LogP contribution is -2.39. The van der Waals surface area contributed by atoms with Gasteiger partial charge in [-0.1, -0.05) is 6.07 Å². The smallest absolute Gasteiger partial charge is 0.362 e. The molecule has 1 unspecified atom stereocenters. The van der Waals surface area contributed by atoms with Gasteiger partial charge < -0.3 is 15.0 Å². The maximum atomic E-state index is 12.5. The summed E-state index contributed by atoms with van der Waals surface area (Å²) in [6, 6.07) is 3.89. The van der Waals surface area contributed by atoms with Gasteiger partial charge in [-0.25, -0.2) is 4.79 Å². The van der Waals surface area contributed by atoms with Crippen LogP contribution in [0.2, 0.25) is 0 Å². The zero-order chi connectivity index (χ0) is 14.6. The molecule has 1 atom stereocenters. The standard InChI is InChI=1S/C12H15F3N2O2/c1-8(19-3)17(2)11(18)16-10-6-4-5-9(7-10)12(13,14)15/h4-8H,1-3H3,(H,16,18). The Bertz CT molecular complexity index is 449. The Labute approximate surface area is 109 Å². The number of halogens is 3. The van der Waals surface area contributed by atoms with Crippen LogP contribution in [0.4, 0.5) is 23.7 Å². The number of urea groups is 1. The van der Waals surface area contributed by atoms with Crippen LogP contribution in [0.5, 0.6) is 0 Å². The molecule has 106 valence electrons. The van der Waals surface area contributed by atoms with Crippen molar-refractivity contribution in [2.45, 2.75) is 19.3 Å². The Hall–Kier alpha value is -1.76. The summed E-state index contributed by atoms with van der Waals surface area (Å²) in [6.45, 7) is 1.64. The monoisotopic (exact) mass is 276 g/mol. The van der Waals surface area contributed by atoms with Gasteiger partial charge in [-0.3, -0.25) is 0 Å². The van der Waals surface area contributed by atoms with E-state index >= 15 is 0 Å². The number of rotatable bonds is 3. The molecule has 4 nitrogen and oxygen atoms in total. The molecule has 1 aromatic rings. The summed E-state index contributed by atoms with van der Waals surface area (Å²) in [5.74, 6) is 0. The van der Waals surface area contributed by atoms with Crippen LogP contribution >= 0.6 is 0 Å². The maximum Gasteiger partial charge on any atom is 0.416 e. The molecule has 1 rings (SSSR count). The number of ether oxygens (including phenoxy) is 1. The highest BCUT2D eigenvalue weighted by Crippen LogP contribution is 2.30. The number of amides is 2. The normalized spacial score (nSPS) is 12.9. The van der Waals surface area contributed by atoms with E-state index in [2.05, 4.69) is 5.32 Å². The number of nitrogens with one attached hydrogen (secondary N) is 1. The van der Waals surface area contributed by atoms with E-state index in [-0.39, 0.29) is 5.69 Å². The first-order chi connectivity index (χ1) is 8.75. The van der Waals surface area contributed by atoms with Gasteiger partial charge in [0.2, 0.25) is 0 Å². The summed E-state index contributed by atoms with van der Waals surface area (Å²) < 4.78 is 42.4. The SMILES string of the molecule is COC(C)N(C)C(=O)Nc1cccc(C(F)(F)F)c1. The van der Waals surface area contributed by atoms with Gasteiger partial charge in [0.05, 0.1) is 5.56 Å². The molecule has 0 spiro atoms. The highest BCUT2D eigenvalue weighted by atomic mass is 19.4. The first-order valence-electron chi connectivity index (χ1n) is 5.49. The molecule has 0 aliphatic carbocycles. The lowest BCUT2D eigenvalue weighted by molar-refractivity contribution is -0.137. The average molecular weight is 276 g/mol. The van der Waals surface area contributed by atoms with Crippen molar-refractivity contribution < 1.29 is 22.7 Å². The van der Waals surface area contributed by atoms with E-state index in [4.69, 9.17) is 4.74 Å². The van der Waals surface area contributed by atoms with Gasteiger partial charge in [-0.05, 0) is 25.1 Å². The lowest BCUT2D eigenvalue weighted by atomic mass is 10.2. The predicted octanol–water partition coefficient (Wildman–Crippen LogP) is 3.16. The lowest BCUT2D eigenvalue weighted by Gasteiger charge is -2.23. The van der Waals surface area contributed by atoms with Crippen molar-refractivity contribution in [3.05, 3.63) is 29.8 Å². The number of nitrogens with zero attached hydrogens (tertiary/aromatic N) is 1. The van der Waals surface area contributed by atoms with E-state index in [1.807, 2.05) is 0 Å². The van der Waals surface area contributed by atoms with Crippen LogP contribution in [0.25, 0.3) is 0 Å². The summed E-state index contributed by atoms with van der Waals surface area (Å²) in [5.41, 5.74) is -0.734. The maximum absolute atomic E-state index is 12.5. The number of alkyl halides is 3. The van der Waals surface area contributed by atoms with Gasteiger partial charge in [0, 0.05) is 19.8 Å². The largest absolute Gasteiger partial charge is 0.416 e. The van der Waals surface area contributed by atoms with E-state index < -0.39 is 24.0 Å². The number of hydrogen-bond donors (Lipinski definition) is 1. The quantitative estimate of drug-likeness (QED) is 0.862. The van der Waals surface area contributed by atoms with Crippen LogP contribution in [0.15, 0.2) is 24.3 Å². The van der Waals surface area contributed by atoms with Crippen LogP contribution in [-0.2, 0) is 10.9 Å². The molecular weight excluding hydrogens is 261 g/mol. The summed E-state index contributed by atoms with van der Waals surface area (Å²) in [6.07, 6.45) is -4.92. The first-order valence-corrected chi connectivity index (χ1v) is 5.49. The zero-order valence-electron chi connectivity index (χ0n) is 10.8. The highest BCUT2D eigenvalue weighted by Gasteiger charge is 2.30. The molecule has 0 heterocycles. The fourth-order valence-corrected chi connectivity index (χ4v) is 1.31. The van der Waals surface area contributed by atoms with Crippen LogP contribution < -0.4 is 5.32 Å². The molecule has 0 saturated carbocycles. The molecule has 0 fully saturated rings. The molecule has 1 N–H and O–H groups in total. The molecular formula is C12H15F3N2O2. The second-order valence-electron chi connectivity index (χ2n) is 3.95. The topological polar surface area (TPSA) is 41.6 Å². The number of benzene rings is 1. The molecule has 0 radical (unpaired) electrons. The van der Waals surface area contributed by atoms with E-state index in [9.17, 15) is 18.0 Å². The fourth-order valence-electron chi connectivity index (χ4n) is 1.31. The number of carbonyl (C=O) groups excluding carboxylic acids is 1. The van der Waals surface area contributed by atoms with Crippen molar-refractivity contribution in [3.63, 3.8) is 0 Å². The third-order valence-electron chi connectivity index (χ3n) is 2.65. The van der Waals surface area contributed by atoms with E-state index in [0.29, 0.717) is 0 Å². The number of anilines is 1. The summed E-state index contributed by atoms with van der Waals surface area (Å²) in [5, 5.41) is 2.38. The summed E-state index contributed by atoms with van der Waals surface area (Å²) >= 11 is 0. The van der Waals surface area contributed by atoms with Crippen LogP contribution in [-0.4, -0.2) is 31.3 Å². The minimum absolute atomic E-state index is 0.0787. The van der Waals surface area contributed by atoms with Crippen LogP contribution in [0.3, 0.4) is 0 Å². The first kappa shape index (κ1) is 15.3. The van der Waals surface area contributed by atoms with Gasteiger partial charge in [0.15, 0.2) is 0 Å². The minimum Gasteiger partial charge on any atom is -0.362 e. The summed E-state index contributed by atoms with van der Waals surface area (Å²) in [7, 11) is 2.91. The second kappa shape index (κ2) is 5.92. The fraction of sp³-hybridized carbons (Fsp3) is 0.417. The van der Waals surface area contributed by atoms with Crippen molar-refractivity contribution in [2.24, 2.45) is 0 Å². The van der Waals surface area contributed by atoms with Gasteiger partial charge >= 0.3 is 12.2 Å². The molecule has 19 heavy (non-hydrogen) atoms. The van der Waals surface area contributed by atoms with Crippen molar-refractivity contribution >= 4 is 11.7 Å². The molecule has 0 bridgehead atoms. The van der Waals surface area contributed by atoms with Crippen molar-refractivity contribution in [1.29, 1.82) is 0 Å². The van der Waals surface area contributed by atoms with Crippen LogP contribution in [0.1, 0.15) is 12.5 Å². The van der Waals surface area contributed by atoms with Crippen molar-refractivity contribution in [3.8, 4) is 0 Å². The molecule has 1 aromatic carbocycles. The predicted molar refractivity (Wildman–Crippen MR) is 64.7 cm³/mol. The number of hydrogen-bond acceptors (Lipinski definition) is 2. The van der Waals surface area contributed by atoms with Gasteiger partial charge in [-0.15, -0.1) is 0 Å². The van der Waals surface area contributed by atoms with Crippen molar-refractivity contribution in [1.82, 2.24) is 4.90 Å². The number of methoxy groups -OCH3 is 1. The highest BCUT2D eigenvalue weighted by molar-refractivity contribution is 5.89. The van der Waals surface area contributed by atoms with Gasteiger partial charge in [-0.2, -0.15) is 13.2 Å². The Balaban J connectivity index is 2.80. The summed E-state index contributed by atoms with van der Waals surface area (Å²) in [4.78, 5) is 13.0. The van der Waals surface area contributed by atoms with E-state index in [1.54, 1.807) is 6.92 Å². The molecule has 0 aliphatic heterocycles. The zero-order valence-corrected chi connectivity index (χ0v) is 10.8. The molecule has 0 saturated heterocycles. The Morgan fingerprint density at radius 2 is 2.05 bits per heavy atom. The second-order valence-corrected chi connectivity index (χ2v) is 3.95. The minimum atomic E-state index is -4.44.